The van der Waals surface area contributed by atoms with Crippen LogP contribution in [0.1, 0.15) is 99.9 Å². The van der Waals surface area contributed by atoms with E-state index in [1.54, 1.807) is 0 Å². The maximum atomic E-state index is 5.00. The van der Waals surface area contributed by atoms with Crippen LogP contribution in [0.4, 0.5) is 0 Å². The molecule has 2 atom stereocenters. The molecule has 4 aliphatic rings. The lowest BCUT2D eigenvalue weighted by molar-refractivity contribution is 0.688. The van der Waals surface area contributed by atoms with Gasteiger partial charge in [-0.15, -0.1) is 0 Å². The second-order valence-corrected chi connectivity index (χ2v) is 21.3. The average molecular weight is 965 g/mol. The lowest BCUT2D eigenvalue weighted by Gasteiger charge is -2.29. The number of hydrogen-bond donors (Lipinski definition) is 0. The van der Waals surface area contributed by atoms with E-state index in [1.165, 1.54) is 44.5 Å². The Morgan fingerprint density at radius 1 is 0.467 bits per heavy atom. The van der Waals surface area contributed by atoms with E-state index in [9.17, 15) is 0 Å². The Morgan fingerprint density at radius 3 is 1.33 bits per heavy atom. The van der Waals surface area contributed by atoms with Gasteiger partial charge in [0.05, 0.1) is 0 Å². The molecule has 1 saturated carbocycles. The molecule has 75 heavy (non-hydrogen) atoms. The van der Waals surface area contributed by atoms with Gasteiger partial charge in [0.25, 0.3) is 0 Å². The Morgan fingerprint density at radius 2 is 0.867 bits per heavy atom. The summed E-state index contributed by atoms with van der Waals surface area (Å²) >= 11 is 0. The third-order valence-electron chi connectivity index (χ3n) is 15.0. The molecule has 0 saturated heterocycles. The SMILES string of the molecule is C=C(CC1=C(c2ccc(C)cc2)C(C#Cc2ccc(C)cc2)=C(c2ccc(C)cc2)C(C#Cc2ccc(C)cc2)=C(c2ccc(C)cc2)C(C#CC2=CC3CC3(C)C=C2)=C1c1ccc(C)cc1)C1=CC=C(C)C=CC1. The van der Waals surface area contributed by atoms with Gasteiger partial charge < -0.3 is 0 Å². The molecule has 0 aromatic heterocycles. The van der Waals surface area contributed by atoms with Crippen LogP contribution in [0, 0.1) is 88.4 Å². The van der Waals surface area contributed by atoms with Gasteiger partial charge in [0, 0.05) is 55.7 Å². The topological polar surface area (TPSA) is 0 Å². The minimum atomic E-state index is 0.210. The van der Waals surface area contributed by atoms with E-state index < -0.39 is 0 Å². The van der Waals surface area contributed by atoms with Gasteiger partial charge in [-0.25, -0.2) is 0 Å². The normalized spacial score (nSPS) is 17.9. The van der Waals surface area contributed by atoms with Crippen LogP contribution in [0.25, 0.3) is 22.3 Å². The van der Waals surface area contributed by atoms with Gasteiger partial charge in [0.2, 0.25) is 0 Å². The van der Waals surface area contributed by atoms with Crippen molar-refractivity contribution >= 4 is 22.3 Å². The lowest BCUT2D eigenvalue weighted by atomic mass is 9.72. The maximum absolute atomic E-state index is 5.00. The van der Waals surface area contributed by atoms with E-state index in [1.807, 2.05) is 0 Å². The Hall–Kier alpha value is -8.60. The van der Waals surface area contributed by atoms with Crippen molar-refractivity contribution in [2.45, 2.75) is 74.7 Å². The highest BCUT2D eigenvalue weighted by Crippen LogP contribution is 2.57. The van der Waals surface area contributed by atoms with Crippen LogP contribution in [0.3, 0.4) is 0 Å². The monoisotopic (exact) mass is 965 g/mol. The van der Waals surface area contributed by atoms with Crippen molar-refractivity contribution in [1.82, 2.24) is 0 Å². The molecule has 0 bridgehead atoms. The average Bonchev–Trinajstić information content (AvgIpc) is 4.16. The van der Waals surface area contributed by atoms with Crippen LogP contribution in [0.15, 0.2) is 239 Å². The number of allylic oxidation sites excluding steroid dienone is 19. The van der Waals surface area contributed by atoms with Gasteiger partial charge in [-0.1, -0.05) is 252 Å². The zero-order valence-electron chi connectivity index (χ0n) is 44.8. The zero-order chi connectivity index (χ0) is 52.2. The summed E-state index contributed by atoms with van der Waals surface area (Å²) in [5.41, 5.74) is 25.5. The van der Waals surface area contributed by atoms with Crippen molar-refractivity contribution in [3.8, 4) is 35.5 Å². The van der Waals surface area contributed by atoms with E-state index in [0.717, 1.165) is 102 Å². The van der Waals surface area contributed by atoms with E-state index in [0.29, 0.717) is 12.3 Å². The highest BCUT2D eigenvalue weighted by Gasteiger charge is 2.47. The van der Waals surface area contributed by atoms with Crippen molar-refractivity contribution in [2.24, 2.45) is 11.3 Å². The molecule has 0 heteroatoms. The van der Waals surface area contributed by atoms with E-state index in [2.05, 4.69) is 279 Å². The second-order valence-electron chi connectivity index (χ2n) is 21.3. The molecule has 0 heterocycles. The molecule has 1 fully saturated rings. The van der Waals surface area contributed by atoms with Gasteiger partial charge in [-0.2, -0.15) is 0 Å². The van der Waals surface area contributed by atoms with Gasteiger partial charge in [-0.05, 0) is 142 Å². The molecule has 6 aromatic carbocycles. The number of fused-ring (bicyclic) bond motifs is 1. The van der Waals surface area contributed by atoms with Gasteiger partial charge >= 0.3 is 0 Å². The lowest BCUT2D eigenvalue weighted by Crippen LogP contribution is -2.11. The summed E-state index contributed by atoms with van der Waals surface area (Å²) in [5.74, 6) is 23.8. The first-order valence-electron chi connectivity index (χ1n) is 26.4. The molecule has 2 unspecified atom stereocenters. The molecule has 10 rings (SSSR count). The van der Waals surface area contributed by atoms with E-state index >= 15 is 0 Å². The summed E-state index contributed by atoms with van der Waals surface area (Å²) in [6, 6.07) is 53.0. The fraction of sp³-hybridized carbons (Fsp3) is 0.173. The van der Waals surface area contributed by atoms with Crippen molar-refractivity contribution in [2.75, 3.05) is 0 Å². The quantitative estimate of drug-likeness (QED) is 0.140. The van der Waals surface area contributed by atoms with Crippen LogP contribution < -0.4 is 0 Å². The smallest absolute Gasteiger partial charge is 0.0431 e. The van der Waals surface area contributed by atoms with Crippen LogP contribution >= 0.6 is 0 Å². The first-order chi connectivity index (χ1) is 36.3. The van der Waals surface area contributed by atoms with Gasteiger partial charge in [0.15, 0.2) is 0 Å². The Balaban J connectivity index is 1.47. The van der Waals surface area contributed by atoms with Crippen molar-refractivity contribution in [3.63, 3.8) is 0 Å². The summed E-state index contributed by atoms with van der Waals surface area (Å²) < 4.78 is 0. The third kappa shape index (κ3) is 11.3. The van der Waals surface area contributed by atoms with E-state index in [-0.39, 0.29) is 5.41 Å². The molecule has 6 aromatic rings. The Bertz CT molecular complexity index is 3740. The Kier molecular flexibility index (Phi) is 14.3. The van der Waals surface area contributed by atoms with Gasteiger partial charge in [-0.3, -0.25) is 0 Å². The summed E-state index contributed by atoms with van der Waals surface area (Å²) in [7, 11) is 0. The van der Waals surface area contributed by atoms with Crippen LogP contribution in [0.5, 0.6) is 0 Å². The van der Waals surface area contributed by atoms with Crippen LogP contribution in [-0.2, 0) is 0 Å². The van der Waals surface area contributed by atoms with Crippen molar-refractivity contribution < 1.29 is 0 Å². The molecular formula is C75H64. The molecule has 0 aliphatic heterocycles. The van der Waals surface area contributed by atoms with Crippen molar-refractivity contribution in [1.29, 1.82) is 0 Å². The molecular weight excluding hydrogens is 901 g/mol. The number of aryl methyl sites for hydroxylation is 6. The van der Waals surface area contributed by atoms with Crippen LogP contribution in [-0.4, -0.2) is 0 Å². The van der Waals surface area contributed by atoms with Crippen molar-refractivity contribution in [3.05, 3.63) is 306 Å². The van der Waals surface area contributed by atoms with Crippen LogP contribution in [0.2, 0.25) is 0 Å². The number of rotatable bonds is 7. The second kappa shape index (κ2) is 21.5. The molecule has 0 radical (unpaired) electrons. The number of benzene rings is 6. The summed E-state index contributed by atoms with van der Waals surface area (Å²) in [6.45, 7) is 22.4. The first-order valence-corrected chi connectivity index (χ1v) is 26.4. The Labute approximate surface area is 447 Å². The molecule has 4 aliphatic carbocycles. The zero-order valence-corrected chi connectivity index (χ0v) is 44.8. The van der Waals surface area contributed by atoms with Gasteiger partial charge in [0.1, 0.15) is 0 Å². The summed E-state index contributed by atoms with van der Waals surface area (Å²) in [6.07, 6.45) is 18.4. The highest BCUT2D eigenvalue weighted by atomic mass is 14.5. The number of hydrogen-bond acceptors (Lipinski definition) is 0. The molecule has 0 amide bonds. The summed E-state index contributed by atoms with van der Waals surface area (Å²) in [4.78, 5) is 0. The minimum Gasteiger partial charge on any atom is -0.0952 e. The first kappa shape index (κ1) is 50.0. The maximum Gasteiger partial charge on any atom is 0.0431 e. The molecule has 0 nitrogen and oxygen atoms in total. The standard InChI is InChI=1S/C75H64/c1-50-11-10-12-61(33-17-50)57(8)47-70-73(64-38-22-55(6)23-39-64)68(43-31-59-28-15-52(3)16-29-59)71(62-34-18-53(4)19-35-62)67(42-30-58-26-13-51(2)14-27-58)72(63-36-20-54(5)21-37-63)69(74(70)65-40-24-56(7)25-41-65)44-32-60-45-46-75(9)49-66(75)48-60/h10-11,13-29,33-41,45-46,48,66H,8,12,47,49H2,1-7,9H3. The fourth-order valence-electron chi connectivity index (χ4n) is 10.2. The highest BCUT2D eigenvalue weighted by molar-refractivity contribution is 6.15. The third-order valence-corrected chi connectivity index (χ3v) is 15.0. The predicted molar refractivity (Wildman–Crippen MR) is 319 cm³/mol. The molecule has 0 N–H and O–H groups in total. The predicted octanol–water partition coefficient (Wildman–Crippen LogP) is 18.1. The minimum absolute atomic E-state index is 0.210. The summed E-state index contributed by atoms with van der Waals surface area (Å²) in [5, 5.41) is 0. The van der Waals surface area contributed by atoms with E-state index in [4.69, 9.17) is 6.58 Å². The molecule has 364 valence electrons. The largest absolute Gasteiger partial charge is 0.0952 e. The molecule has 0 spiro atoms. The fourth-order valence-corrected chi connectivity index (χ4v) is 10.2.